The number of aromatic nitrogens is 1. The van der Waals surface area contributed by atoms with Gasteiger partial charge in [-0.2, -0.15) is 0 Å². The number of H-pyrrole nitrogens is 1. The number of fused-ring (bicyclic) bond motifs is 1. The first kappa shape index (κ1) is 5.98. The third-order valence-electron chi connectivity index (χ3n) is 1.52. The summed E-state index contributed by atoms with van der Waals surface area (Å²) in [6.45, 7) is 0. The number of rotatable bonds is 0. The standard InChI is InChI=1S/C8H6BrN/c9-7-1-2-8-6(5-7)3-4-10-8/h1-5,10H/p+1. The normalized spacial score (nSPS) is 10.5. The second-order valence-electron chi connectivity index (χ2n) is 2.21. The zero-order chi connectivity index (χ0) is 6.97. The first-order chi connectivity index (χ1) is 4.86. The highest BCUT2D eigenvalue weighted by Crippen LogP contribution is 2.17. The molecule has 0 fully saturated rings. The number of benzene rings is 1. The largest absolute Gasteiger partial charge is 1.00 e. The molecule has 1 aromatic heterocycles. The molecule has 50 valence electrons. The molecule has 0 aliphatic carbocycles. The van der Waals surface area contributed by atoms with Gasteiger partial charge >= 0.3 is 1.43 Å². The Kier molecular flexibility index (Phi) is 1.27. The van der Waals surface area contributed by atoms with Gasteiger partial charge in [0.25, 0.3) is 0 Å². The Balaban J connectivity index is 0.000000605. The lowest BCUT2D eigenvalue weighted by atomic mass is 10.3. The van der Waals surface area contributed by atoms with E-state index in [0.29, 0.717) is 0 Å². The minimum atomic E-state index is 0. The van der Waals surface area contributed by atoms with Gasteiger partial charge in [-0.05, 0) is 24.3 Å². The Hall–Kier alpha value is -0.760. The topological polar surface area (TPSA) is 15.8 Å². The fraction of sp³-hybridized carbons (Fsp3) is 0. The zero-order valence-corrected chi connectivity index (χ0v) is 6.85. The van der Waals surface area contributed by atoms with Crippen LogP contribution in [-0.2, 0) is 0 Å². The predicted molar refractivity (Wildman–Crippen MR) is 47.1 cm³/mol. The molecule has 0 unspecified atom stereocenters. The van der Waals surface area contributed by atoms with E-state index in [1.165, 1.54) is 10.9 Å². The quantitative estimate of drug-likeness (QED) is 0.667. The first-order valence-corrected chi connectivity index (χ1v) is 3.88. The minimum Gasteiger partial charge on any atom is -0.361 e. The van der Waals surface area contributed by atoms with E-state index in [9.17, 15) is 0 Å². The number of hydrogen-bond donors (Lipinski definition) is 1. The summed E-state index contributed by atoms with van der Waals surface area (Å²) in [6, 6.07) is 8.23. The molecule has 0 saturated heterocycles. The molecule has 1 heterocycles. The van der Waals surface area contributed by atoms with Gasteiger partial charge in [0.05, 0.1) is 0 Å². The molecule has 0 amide bonds. The Morgan fingerprint density at radius 1 is 1.30 bits per heavy atom. The van der Waals surface area contributed by atoms with E-state index < -0.39 is 0 Å². The fourth-order valence-corrected chi connectivity index (χ4v) is 1.40. The molecule has 10 heavy (non-hydrogen) atoms. The second kappa shape index (κ2) is 2.13. The number of aromatic amines is 1. The molecule has 1 nitrogen and oxygen atoms in total. The van der Waals surface area contributed by atoms with Gasteiger partial charge in [0.15, 0.2) is 0 Å². The molecule has 1 aromatic carbocycles. The first-order valence-electron chi connectivity index (χ1n) is 3.09. The van der Waals surface area contributed by atoms with E-state index in [1.807, 2.05) is 12.3 Å². The number of halogens is 1. The minimum absolute atomic E-state index is 0. The number of hydrogen-bond acceptors (Lipinski definition) is 0. The maximum atomic E-state index is 3.40. The molecular weight excluding hydrogens is 190 g/mol. The van der Waals surface area contributed by atoms with Crippen LogP contribution in [0.2, 0.25) is 0 Å². The molecule has 2 heteroatoms. The van der Waals surface area contributed by atoms with Crippen LogP contribution in [0.3, 0.4) is 0 Å². The van der Waals surface area contributed by atoms with Crippen molar-refractivity contribution in [3.63, 3.8) is 0 Å². The van der Waals surface area contributed by atoms with Gasteiger partial charge in [0.2, 0.25) is 0 Å². The molecule has 0 bridgehead atoms. The van der Waals surface area contributed by atoms with Crippen LogP contribution in [0, 0.1) is 0 Å². The zero-order valence-electron chi connectivity index (χ0n) is 6.26. The Morgan fingerprint density at radius 3 is 3.10 bits per heavy atom. The van der Waals surface area contributed by atoms with Crippen LogP contribution in [0.1, 0.15) is 1.43 Å². The average Bonchev–Trinajstić information content (AvgIpc) is 2.33. The molecule has 0 aliphatic heterocycles. The summed E-state index contributed by atoms with van der Waals surface area (Å²) in [5, 5.41) is 1.24. The van der Waals surface area contributed by atoms with E-state index in [2.05, 4.69) is 39.1 Å². The third-order valence-corrected chi connectivity index (χ3v) is 2.01. The van der Waals surface area contributed by atoms with Crippen molar-refractivity contribution >= 4 is 26.8 Å². The fourth-order valence-electron chi connectivity index (χ4n) is 1.02. The van der Waals surface area contributed by atoms with Gasteiger partial charge < -0.3 is 4.98 Å². The van der Waals surface area contributed by atoms with Gasteiger partial charge in [-0.1, -0.05) is 15.9 Å². The van der Waals surface area contributed by atoms with Crippen molar-refractivity contribution in [2.24, 2.45) is 0 Å². The maximum absolute atomic E-state index is 3.40. The smallest absolute Gasteiger partial charge is 0.361 e. The predicted octanol–water partition coefficient (Wildman–Crippen LogP) is 3.04. The highest BCUT2D eigenvalue weighted by atomic mass is 79.9. The van der Waals surface area contributed by atoms with Crippen LogP contribution in [0.5, 0.6) is 0 Å². The molecule has 0 atom stereocenters. The highest BCUT2D eigenvalue weighted by Gasteiger charge is 1.92. The van der Waals surface area contributed by atoms with E-state index in [0.717, 1.165) is 4.47 Å². The number of nitrogens with one attached hydrogen (secondary N) is 1. The van der Waals surface area contributed by atoms with Gasteiger partial charge in [-0.15, -0.1) is 0 Å². The van der Waals surface area contributed by atoms with Gasteiger partial charge in [0.1, 0.15) is 0 Å². The van der Waals surface area contributed by atoms with Crippen molar-refractivity contribution < 1.29 is 1.43 Å². The van der Waals surface area contributed by atoms with Crippen molar-refractivity contribution in [1.82, 2.24) is 4.98 Å². The van der Waals surface area contributed by atoms with Crippen LogP contribution in [0.15, 0.2) is 34.9 Å². The molecule has 1 N–H and O–H groups in total. The van der Waals surface area contributed by atoms with Crippen molar-refractivity contribution in [3.8, 4) is 0 Å². The van der Waals surface area contributed by atoms with Crippen LogP contribution >= 0.6 is 15.9 Å². The monoisotopic (exact) mass is 196 g/mol. The van der Waals surface area contributed by atoms with Crippen molar-refractivity contribution in [3.05, 3.63) is 34.9 Å². The van der Waals surface area contributed by atoms with E-state index in [-0.39, 0.29) is 1.43 Å². The summed E-state index contributed by atoms with van der Waals surface area (Å²) < 4.78 is 1.12. The summed E-state index contributed by atoms with van der Waals surface area (Å²) in [5.41, 5.74) is 1.18. The van der Waals surface area contributed by atoms with E-state index >= 15 is 0 Å². The van der Waals surface area contributed by atoms with Crippen molar-refractivity contribution in [2.75, 3.05) is 0 Å². The van der Waals surface area contributed by atoms with Crippen molar-refractivity contribution in [1.29, 1.82) is 0 Å². The molecule has 2 rings (SSSR count). The average molecular weight is 197 g/mol. The Bertz CT molecular complexity index is 356. The van der Waals surface area contributed by atoms with Crippen LogP contribution in [0.25, 0.3) is 10.9 Å². The Morgan fingerprint density at radius 2 is 2.20 bits per heavy atom. The highest BCUT2D eigenvalue weighted by molar-refractivity contribution is 9.10. The summed E-state index contributed by atoms with van der Waals surface area (Å²) in [6.07, 6.45) is 1.94. The maximum Gasteiger partial charge on any atom is 1.00 e. The Labute approximate surface area is 68.7 Å². The molecule has 0 spiro atoms. The van der Waals surface area contributed by atoms with Gasteiger partial charge in [-0.25, -0.2) is 0 Å². The van der Waals surface area contributed by atoms with Gasteiger partial charge in [-0.3, -0.25) is 0 Å². The molecule has 0 saturated carbocycles. The van der Waals surface area contributed by atoms with Crippen molar-refractivity contribution in [2.45, 2.75) is 0 Å². The SMILES string of the molecule is Brc1ccc2[nH]ccc2c1.[H+]. The molecule has 0 aliphatic rings. The molecule has 2 aromatic rings. The molecule has 0 radical (unpaired) electrons. The summed E-state index contributed by atoms with van der Waals surface area (Å²) in [7, 11) is 0. The third kappa shape index (κ3) is 0.847. The van der Waals surface area contributed by atoms with Crippen LogP contribution < -0.4 is 0 Å². The van der Waals surface area contributed by atoms with Gasteiger partial charge in [0, 0.05) is 21.6 Å². The summed E-state index contributed by atoms with van der Waals surface area (Å²) in [5.74, 6) is 0. The van der Waals surface area contributed by atoms with E-state index in [1.54, 1.807) is 0 Å². The lowest BCUT2D eigenvalue weighted by Gasteiger charge is -1.88. The van der Waals surface area contributed by atoms with Crippen LogP contribution in [-0.4, -0.2) is 4.98 Å². The lowest BCUT2D eigenvalue weighted by molar-refractivity contribution is 1.48. The van der Waals surface area contributed by atoms with Crippen LogP contribution in [0.4, 0.5) is 0 Å². The van der Waals surface area contributed by atoms with E-state index in [4.69, 9.17) is 0 Å². The summed E-state index contributed by atoms with van der Waals surface area (Å²) in [4.78, 5) is 3.13. The summed E-state index contributed by atoms with van der Waals surface area (Å²) >= 11 is 3.40. The lowest BCUT2D eigenvalue weighted by Crippen LogP contribution is -1.65. The molecular formula is C8H7BrN+. The second-order valence-corrected chi connectivity index (χ2v) is 3.12.